The van der Waals surface area contributed by atoms with Crippen LogP contribution in [-0.4, -0.2) is 47.8 Å². The molecule has 43 heavy (non-hydrogen) atoms. The zero-order valence-electron chi connectivity index (χ0n) is 27.1. The lowest BCUT2D eigenvalue weighted by atomic mass is 9.95. The normalized spacial score (nSPS) is 17.3. The van der Waals surface area contributed by atoms with E-state index >= 15 is 0 Å². The zero-order valence-corrected chi connectivity index (χ0v) is 30.4. The summed E-state index contributed by atoms with van der Waals surface area (Å²) in [5.41, 5.74) is -0.104. The van der Waals surface area contributed by atoms with Crippen LogP contribution in [0.5, 0.6) is 0 Å². The van der Waals surface area contributed by atoms with Gasteiger partial charge >= 0.3 is 12.2 Å². The fraction of sp³-hybridized carbons (Fsp3) is 0.562. The first-order chi connectivity index (χ1) is 19.5. The lowest BCUT2D eigenvalue weighted by Gasteiger charge is -2.43. The number of fused-ring (bicyclic) bond motifs is 1. The molecule has 0 saturated heterocycles. The monoisotopic (exact) mass is 694 g/mol. The van der Waals surface area contributed by atoms with E-state index in [1.54, 1.807) is 65.9 Å². The van der Waals surface area contributed by atoms with Crippen molar-refractivity contribution in [2.75, 3.05) is 10.2 Å². The molecule has 0 radical (unpaired) electrons. The molecule has 11 heteroatoms. The number of benzene rings is 1. The molecule has 0 fully saturated rings. The van der Waals surface area contributed by atoms with E-state index in [-0.39, 0.29) is 21.8 Å². The Labute approximate surface area is 270 Å². The van der Waals surface area contributed by atoms with Crippen LogP contribution in [0.15, 0.2) is 30.5 Å². The molecule has 0 N–H and O–H groups in total. The Morgan fingerprint density at radius 2 is 1.53 bits per heavy atom. The number of imide groups is 1. The van der Waals surface area contributed by atoms with Crippen LogP contribution in [0, 0.1) is 0 Å². The molecule has 3 rings (SSSR count). The Morgan fingerprint density at radius 3 is 2.02 bits per heavy atom. The molecule has 1 aliphatic carbocycles. The molecule has 1 atom stereocenters. The molecule has 2 aromatic rings. The van der Waals surface area contributed by atoms with Crippen molar-refractivity contribution in [2.24, 2.45) is 0 Å². The summed E-state index contributed by atoms with van der Waals surface area (Å²) in [4.78, 5) is 46.1. The Bertz CT molecular complexity index is 1380. The summed E-state index contributed by atoms with van der Waals surface area (Å²) >= 11 is 9.82. The fourth-order valence-electron chi connectivity index (χ4n) is 4.59. The predicted molar refractivity (Wildman–Crippen MR) is 177 cm³/mol. The Morgan fingerprint density at radius 1 is 0.977 bits per heavy atom. The van der Waals surface area contributed by atoms with Crippen LogP contribution in [0.4, 0.5) is 15.3 Å². The number of nitrogens with zero attached hydrogens (tertiary/aromatic N) is 2. The number of aryl methyl sites for hydroxylation is 1. The molecule has 0 saturated carbocycles. The number of carbonyl (C=O) groups is 3. The van der Waals surface area contributed by atoms with E-state index in [0.717, 1.165) is 10.5 Å². The van der Waals surface area contributed by atoms with Gasteiger partial charge in [0.1, 0.15) is 11.2 Å². The molecule has 1 heterocycles. The number of hydrogen-bond donors (Lipinski definition) is 0. The number of halogens is 2. The van der Waals surface area contributed by atoms with Crippen molar-refractivity contribution >= 4 is 59.5 Å². The molecule has 236 valence electrons. The predicted octanol–water partition coefficient (Wildman–Crippen LogP) is 9.21. The minimum absolute atomic E-state index is 0.0687. The largest absolute Gasteiger partial charge is 0.443 e. The van der Waals surface area contributed by atoms with E-state index in [2.05, 4.69) is 49.8 Å². The van der Waals surface area contributed by atoms with Crippen LogP contribution >= 0.6 is 27.5 Å². The van der Waals surface area contributed by atoms with E-state index in [1.165, 1.54) is 0 Å². The van der Waals surface area contributed by atoms with Crippen LogP contribution in [-0.2, 0) is 30.7 Å². The fourth-order valence-corrected chi connectivity index (χ4v) is 6.70. The second-order valence-corrected chi connectivity index (χ2v) is 20.2. The second kappa shape index (κ2) is 12.3. The van der Waals surface area contributed by atoms with Crippen molar-refractivity contribution in [3.8, 4) is 11.1 Å². The number of ketones is 1. The van der Waals surface area contributed by atoms with Gasteiger partial charge in [0.25, 0.3) is 0 Å². The molecule has 8 nitrogen and oxygen atoms in total. The average molecular weight is 696 g/mol. The maximum absolute atomic E-state index is 13.5. The first-order valence-corrected chi connectivity index (χ1v) is 18.8. The summed E-state index contributed by atoms with van der Waals surface area (Å²) in [5, 5.41) is 0.430. The van der Waals surface area contributed by atoms with Gasteiger partial charge in [-0.3, -0.25) is 9.78 Å². The summed E-state index contributed by atoms with van der Waals surface area (Å²) < 4.78 is 18.1. The van der Waals surface area contributed by atoms with Gasteiger partial charge in [0, 0.05) is 22.3 Å². The third-order valence-electron chi connectivity index (χ3n) is 7.57. The van der Waals surface area contributed by atoms with Gasteiger partial charge < -0.3 is 13.9 Å². The van der Waals surface area contributed by atoms with Gasteiger partial charge in [-0.2, -0.15) is 4.90 Å². The van der Waals surface area contributed by atoms with Crippen LogP contribution in [0.1, 0.15) is 80.0 Å². The molecular formula is C32H44BrClN2O6Si. The number of ether oxygens (including phenoxy) is 2. The molecule has 0 spiro atoms. The highest BCUT2D eigenvalue weighted by molar-refractivity contribution is 9.09. The van der Waals surface area contributed by atoms with Gasteiger partial charge in [-0.05, 0) is 102 Å². The van der Waals surface area contributed by atoms with Gasteiger partial charge in [-0.25, -0.2) is 9.59 Å². The zero-order chi connectivity index (χ0) is 32.8. The maximum atomic E-state index is 13.5. The van der Waals surface area contributed by atoms with Crippen LogP contribution in [0.2, 0.25) is 23.2 Å². The summed E-state index contributed by atoms with van der Waals surface area (Å²) in [6.07, 6.45) is 0.905. The van der Waals surface area contributed by atoms with Crippen molar-refractivity contribution in [1.82, 2.24) is 4.98 Å². The van der Waals surface area contributed by atoms with Crippen molar-refractivity contribution in [3.05, 3.63) is 46.7 Å². The van der Waals surface area contributed by atoms with Crippen molar-refractivity contribution in [3.63, 3.8) is 0 Å². The van der Waals surface area contributed by atoms with E-state index in [1.807, 2.05) is 6.07 Å². The number of aromatic nitrogens is 1. The van der Waals surface area contributed by atoms with E-state index in [9.17, 15) is 14.4 Å². The lowest BCUT2D eigenvalue weighted by Crippen LogP contribution is -2.51. The van der Waals surface area contributed by atoms with E-state index < -0.39 is 37.3 Å². The second-order valence-electron chi connectivity index (χ2n) is 14.4. The Balaban J connectivity index is 2.19. The highest BCUT2D eigenvalue weighted by atomic mass is 79.9. The van der Waals surface area contributed by atoms with Crippen molar-refractivity contribution in [2.45, 2.75) is 110 Å². The van der Waals surface area contributed by atoms with E-state index in [0.29, 0.717) is 34.7 Å². The van der Waals surface area contributed by atoms with Crippen LogP contribution in [0.25, 0.3) is 11.1 Å². The number of carbonyl (C=O) groups excluding carboxylic acids is 3. The number of Topliss-reactive ketones (excluding diaryl/α,β-unsaturated/α-hetero) is 1. The first-order valence-electron chi connectivity index (χ1n) is 14.4. The van der Waals surface area contributed by atoms with Crippen molar-refractivity contribution < 1.29 is 28.3 Å². The number of alkyl halides is 1. The number of anilines is 1. The van der Waals surface area contributed by atoms with Gasteiger partial charge in [-0.15, -0.1) is 0 Å². The summed E-state index contributed by atoms with van der Waals surface area (Å²) in [6, 6.07) is 6.77. The summed E-state index contributed by atoms with van der Waals surface area (Å²) in [7, 11) is -2.37. The van der Waals surface area contributed by atoms with Crippen molar-refractivity contribution in [1.29, 1.82) is 0 Å². The average Bonchev–Trinajstić information content (AvgIpc) is 3.19. The first kappa shape index (κ1) is 35.2. The standard InChI is InChI=1S/C32H44BrClN2O6Si/c1-29(2,3)40-27(38)36(28(39)41-30(4,5)6)24-13-12-22(34)17-23(24)21-16-20-14-15-32(25(37)18-33,26(20)35-19-21)42-43(10,11)31(7,8)9/h12-13,16-17,19H,14-15,18H2,1-11H3. The molecule has 0 aliphatic heterocycles. The minimum atomic E-state index is -2.37. The highest BCUT2D eigenvalue weighted by Crippen LogP contribution is 2.48. The molecule has 2 amide bonds. The molecular weight excluding hydrogens is 652 g/mol. The van der Waals surface area contributed by atoms with Gasteiger partial charge in [0.05, 0.1) is 16.7 Å². The number of amides is 2. The molecule has 0 bridgehead atoms. The summed E-state index contributed by atoms with van der Waals surface area (Å²) in [6.45, 7) is 21.0. The Hall–Kier alpha value is -2.27. The smallest absolute Gasteiger partial charge is 0.424 e. The van der Waals surface area contributed by atoms with Gasteiger partial charge in [0.2, 0.25) is 0 Å². The minimum Gasteiger partial charge on any atom is -0.443 e. The van der Waals surface area contributed by atoms with Gasteiger partial charge in [-0.1, -0.05) is 48.3 Å². The molecule has 1 aliphatic rings. The topological polar surface area (TPSA) is 95.0 Å². The number of pyridine rings is 1. The quantitative estimate of drug-likeness (QED) is 0.220. The third kappa shape index (κ3) is 7.88. The highest BCUT2D eigenvalue weighted by Gasteiger charge is 2.53. The third-order valence-corrected chi connectivity index (χ3v) is 12.8. The van der Waals surface area contributed by atoms with Crippen LogP contribution in [0.3, 0.4) is 0 Å². The van der Waals surface area contributed by atoms with E-state index in [4.69, 9.17) is 30.5 Å². The summed E-state index contributed by atoms with van der Waals surface area (Å²) in [5.74, 6) is -0.0687. The maximum Gasteiger partial charge on any atom is 0.424 e. The molecule has 1 aromatic heterocycles. The number of hydrogen-bond acceptors (Lipinski definition) is 7. The molecule has 1 aromatic carbocycles. The van der Waals surface area contributed by atoms with Gasteiger partial charge in [0.15, 0.2) is 19.7 Å². The Kier molecular flexibility index (Phi) is 10.0. The molecule has 1 unspecified atom stereocenters. The van der Waals surface area contributed by atoms with Crippen LogP contribution < -0.4 is 4.90 Å². The SMILES string of the molecule is CC(C)(C)OC(=O)N(C(=O)OC(C)(C)C)c1ccc(Cl)cc1-c1cnc2c(c1)CCC2(O[Si](C)(C)C(C)(C)C)C(=O)CBr. The lowest BCUT2D eigenvalue weighted by molar-refractivity contribution is -0.133. The number of rotatable bonds is 6.